The Hall–Kier alpha value is -3.40. The second-order valence-corrected chi connectivity index (χ2v) is 7.66. The molecule has 0 atom stereocenters. The van der Waals surface area contributed by atoms with Crippen molar-refractivity contribution in [3.05, 3.63) is 95.6 Å². The molecule has 4 aliphatic heterocycles. The minimum absolute atomic E-state index is 0.924. The van der Waals surface area contributed by atoms with Crippen LogP contribution in [0.25, 0.3) is 12.2 Å². The van der Waals surface area contributed by atoms with Crippen molar-refractivity contribution < 1.29 is 0 Å². The van der Waals surface area contributed by atoms with Gasteiger partial charge >= 0.3 is 0 Å². The Balaban J connectivity index is 1.13. The first kappa shape index (κ1) is 15.6. The zero-order valence-corrected chi connectivity index (χ0v) is 15.7. The summed E-state index contributed by atoms with van der Waals surface area (Å²) in [5, 5.41) is 0. The van der Waals surface area contributed by atoms with Gasteiger partial charge in [-0.2, -0.15) is 0 Å². The van der Waals surface area contributed by atoms with Gasteiger partial charge in [0.1, 0.15) is 0 Å². The molecule has 0 aliphatic carbocycles. The van der Waals surface area contributed by atoms with Crippen molar-refractivity contribution in [2.45, 2.75) is 0 Å². The van der Waals surface area contributed by atoms with Crippen LogP contribution in [-0.4, -0.2) is 36.2 Å². The van der Waals surface area contributed by atoms with Crippen LogP contribution in [0.2, 0.25) is 0 Å². The third-order valence-corrected chi connectivity index (χ3v) is 5.90. The summed E-state index contributed by atoms with van der Waals surface area (Å²) >= 11 is 0. The number of rotatable bonds is 3. The first-order chi connectivity index (χ1) is 13.8. The van der Waals surface area contributed by atoms with Crippen LogP contribution in [0, 0.1) is 0 Å². The summed E-state index contributed by atoms with van der Waals surface area (Å²) in [6, 6.07) is 17.2. The van der Waals surface area contributed by atoms with Gasteiger partial charge in [0, 0.05) is 25.5 Å². The predicted molar refractivity (Wildman–Crippen MR) is 115 cm³/mol. The molecule has 0 amide bonds. The summed E-state index contributed by atoms with van der Waals surface area (Å²) in [6.07, 6.45) is 13.5. The van der Waals surface area contributed by atoms with Crippen molar-refractivity contribution in [2.75, 3.05) is 36.2 Å². The summed E-state index contributed by atoms with van der Waals surface area (Å²) in [7, 11) is 0. The fourth-order valence-electron chi connectivity index (χ4n) is 4.44. The molecule has 4 heteroatoms. The normalized spacial score (nSPS) is 18.6. The van der Waals surface area contributed by atoms with Gasteiger partial charge in [0.25, 0.3) is 0 Å². The molecule has 6 rings (SSSR count). The lowest BCUT2D eigenvalue weighted by atomic mass is 10.1. The van der Waals surface area contributed by atoms with E-state index in [9.17, 15) is 0 Å². The molecule has 4 nitrogen and oxygen atoms in total. The third kappa shape index (κ3) is 2.45. The van der Waals surface area contributed by atoms with Crippen LogP contribution in [0.3, 0.4) is 0 Å². The standard InChI is InChI=1S/C24H22N4/c1-3-7-23-19(5-1)9-11-21-15-25(17-27(21)23)13-14-26-16-22-12-10-20-6-2-4-8-24(20)28(22)18-26/h1-12,15-16H,13-14,17-18H2. The van der Waals surface area contributed by atoms with E-state index in [2.05, 4.69) is 105 Å². The van der Waals surface area contributed by atoms with Gasteiger partial charge in [0.05, 0.1) is 36.1 Å². The van der Waals surface area contributed by atoms with Gasteiger partial charge in [0.15, 0.2) is 0 Å². The lowest BCUT2D eigenvalue weighted by molar-refractivity contribution is 0.322. The molecule has 0 aromatic heterocycles. The molecule has 0 fully saturated rings. The molecular formula is C24H22N4. The molecule has 0 unspecified atom stereocenters. The van der Waals surface area contributed by atoms with E-state index in [0.29, 0.717) is 0 Å². The van der Waals surface area contributed by atoms with Crippen LogP contribution in [0.15, 0.2) is 84.5 Å². The molecule has 4 heterocycles. The molecule has 0 bridgehead atoms. The number of anilines is 2. The van der Waals surface area contributed by atoms with Gasteiger partial charge in [-0.15, -0.1) is 0 Å². The number of fused-ring (bicyclic) bond motifs is 6. The fraction of sp³-hybridized carbons (Fsp3) is 0.167. The van der Waals surface area contributed by atoms with Crippen LogP contribution in [-0.2, 0) is 0 Å². The molecular weight excluding hydrogens is 344 g/mol. The maximum atomic E-state index is 2.42. The first-order valence-corrected chi connectivity index (χ1v) is 9.86. The van der Waals surface area contributed by atoms with E-state index in [0.717, 1.165) is 26.4 Å². The summed E-state index contributed by atoms with van der Waals surface area (Å²) in [6.45, 7) is 3.87. The van der Waals surface area contributed by atoms with Crippen LogP contribution in [0.1, 0.15) is 11.1 Å². The van der Waals surface area contributed by atoms with Crippen LogP contribution in [0.5, 0.6) is 0 Å². The predicted octanol–water partition coefficient (Wildman–Crippen LogP) is 4.28. The van der Waals surface area contributed by atoms with Gasteiger partial charge in [-0.05, 0) is 35.4 Å². The Bertz CT molecular complexity index is 976. The van der Waals surface area contributed by atoms with Crippen LogP contribution < -0.4 is 9.80 Å². The molecule has 2 aromatic carbocycles. The zero-order chi connectivity index (χ0) is 18.5. The molecule has 2 aromatic rings. The summed E-state index contributed by atoms with van der Waals surface area (Å²) in [5.74, 6) is 0. The SMILES string of the molecule is C1=Cc2ccccc2N2CN(CCN3C=C4C=Cc5ccccc5N4C3)C=C12. The van der Waals surface area contributed by atoms with E-state index in [-0.39, 0.29) is 0 Å². The van der Waals surface area contributed by atoms with Crippen molar-refractivity contribution in [2.24, 2.45) is 0 Å². The zero-order valence-electron chi connectivity index (χ0n) is 15.7. The summed E-state index contributed by atoms with van der Waals surface area (Å²) < 4.78 is 0. The second-order valence-electron chi connectivity index (χ2n) is 7.66. The Labute approximate surface area is 165 Å². The molecule has 138 valence electrons. The molecule has 0 saturated heterocycles. The molecule has 0 N–H and O–H groups in total. The third-order valence-electron chi connectivity index (χ3n) is 5.90. The van der Waals surface area contributed by atoms with E-state index in [4.69, 9.17) is 0 Å². The summed E-state index contributed by atoms with van der Waals surface area (Å²) in [5.41, 5.74) is 7.78. The summed E-state index contributed by atoms with van der Waals surface area (Å²) in [4.78, 5) is 9.64. The van der Waals surface area contributed by atoms with Crippen LogP contribution in [0.4, 0.5) is 11.4 Å². The fourth-order valence-corrected chi connectivity index (χ4v) is 4.44. The smallest absolute Gasteiger partial charge is 0.0948 e. The van der Waals surface area contributed by atoms with E-state index in [1.165, 1.54) is 33.9 Å². The first-order valence-electron chi connectivity index (χ1n) is 9.86. The van der Waals surface area contributed by atoms with Gasteiger partial charge in [-0.3, -0.25) is 0 Å². The maximum absolute atomic E-state index is 2.42. The van der Waals surface area contributed by atoms with E-state index in [1.54, 1.807) is 0 Å². The largest absolute Gasteiger partial charge is 0.356 e. The molecule has 0 saturated carbocycles. The lowest BCUT2D eigenvalue weighted by Crippen LogP contribution is -2.35. The minimum atomic E-state index is 0.924. The number of hydrogen-bond acceptors (Lipinski definition) is 4. The highest BCUT2D eigenvalue weighted by Crippen LogP contribution is 2.35. The van der Waals surface area contributed by atoms with Crippen molar-refractivity contribution in [1.82, 2.24) is 9.80 Å². The van der Waals surface area contributed by atoms with E-state index < -0.39 is 0 Å². The van der Waals surface area contributed by atoms with Crippen molar-refractivity contribution in [3.8, 4) is 0 Å². The van der Waals surface area contributed by atoms with E-state index in [1.807, 2.05) is 0 Å². The average molecular weight is 366 g/mol. The number of hydrogen-bond donors (Lipinski definition) is 0. The Morgan fingerprint density at radius 2 is 1.04 bits per heavy atom. The van der Waals surface area contributed by atoms with Crippen molar-refractivity contribution in [1.29, 1.82) is 0 Å². The molecule has 0 spiro atoms. The maximum Gasteiger partial charge on any atom is 0.0948 e. The minimum Gasteiger partial charge on any atom is -0.356 e. The van der Waals surface area contributed by atoms with Gasteiger partial charge in [0.2, 0.25) is 0 Å². The van der Waals surface area contributed by atoms with Crippen molar-refractivity contribution in [3.63, 3.8) is 0 Å². The lowest BCUT2D eigenvalue weighted by Gasteiger charge is -2.29. The monoisotopic (exact) mass is 366 g/mol. The number of benzene rings is 2. The Kier molecular flexibility index (Phi) is 3.38. The highest BCUT2D eigenvalue weighted by Gasteiger charge is 2.27. The van der Waals surface area contributed by atoms with Gasteiger partial charge in [-0.25, -0.2) is 0 Å². The highest BCUT2D eigenvalue weighted by atomic mass is 15.4. The molecule has 28 heavy (non-hydrogen) atoms. The average Bonchev–Trinajstić information content (AvgIpc) is 3.36. The number of para-hydroxylation sites is 2. The van der Waals surface area contributed by atoms with Gasteiger partial charge < -0.3 is 19.6 Å². The van der Waals surface area contributed by atoms with Gasteiger partial charge in [-0.1, -0.05) is 48.6 Å². The Morgan fingerprint density at radius 1 is 0.571 bits per heavy atom. The topological polar surface area (TPSA) is 13.0 Å². The van der Waals surface area contributed by atoms with Crippen LogP contribution >= 0.6 is 0 Å². The quantitative estimate of drug-likeness (QED) is 0.804. The highest BCUT2D eigenvalue weighted by molar-refractivity contribution is 5.78. The van der Waals surface area contributed by atoms with E-state index >= 15 is 0 Å². The number of nitrogens with zero attached hydrogens (tertiary/aromatic N) is 4. The Morgan fingerprint density at radius 3 is 1.54 bits per heavy atom. The second kappa shape index (κ2) is 6.06. The molecule has 4 aliphatic rings. The molecule has 0 radical (unpaired) electrons. The van der Waals surface area contributed by atoms with Crippen molar-refractivity contribution >= 4 is 23.5 Å². The number of allylic oxidation sites excluding steroid dienone is 2.